The van der Waals surface area contributed by atoms with Gasteiger partial charge in [0.15, 0.2) is 11.6 Å². The number of carbonyl (C=O) groups excluding carboxylic acids is 1. The fourth-order valence-corrected chi connectivity index (χ4v) is 13.4. The summed E-state index contributed by atoms with van der Waals surface area (Å²) < 4.78 is 14.4. The van der Waals surface area contributed by atoms with Gasteiger partial charge in [-0.2, -0.15) is 0 Å². The van der Waals surface area contributed by atoms with E-state index in [9.17, 15) is 0 Å². The maximum Gasteiger partial charge on any atom is 0.342 e. The largest absolute Gasteiger partial charge is 0.441 e. The van der Waals surface area contributed by atoms with Crippen molar-refractivity contribution in [2.24, 2.45) is 0 Å². The summed E-state index contributed by atoms with van der Waals surface area (Å²) in [5.74, 6) is 9.39. The number of amides is 2. The van der Waals surface area contributed by atoms with Gasteiger partial charge in [-0.05, 0) is 86.0 Å². The van der Waals surface area contributed by atoms with Gasteiger partial charge in [0.25, 0.3) is 13.4 Å². The molecule has 12 aromatic rings. The molecule has 11 heteroatoms. The van der Waals surface area contributed by atoms with Gasteiger partial charge in [-0.15, -0.1) is 0 Å². The highest BCUT2D eigenvalue weighted by atomic mass is 16.4. The van der Waals surface area contributed by atoms with Crippen LogP contribution in [0.2, 0.25) is 0 Å². The summed E-state index contributed by atoms with van der Waals surface area (Å²) in [4.78, 5) is 42.9. The highest BCUT2D eigenvalue weighted by molar-refractivity contribution is 7.02. The number of furan rings is 2. The number of urea groups is 1. The fourth-order valence-electron chi connectivity index (χ4n) is 13.4. The molecule has 0 spiro atoms. The zero-order chi connectivity index (χ0) is 54.7. The van der Waals surface area contributed by atoms with Crippen molar-refractivity contribution in [2.45, 2.75) is 19.3 Å². The molecule has 0 fully saturated rings. The van der Waals surface area contributed by atoms with Crippen LogP contribution in [0, 0.1) is 11.8 Å². The molecule has 0 bridgehead atoms. The minimum Gasteiger partial charge on any atom is -0.441 e. The van der Waals surface area contributed by atoms with E-state index in [2.05, 4.69) is 157 Å². The number of carbonyl (C=O) groups is 1. The van der Waals surface area contributed by atoms with Crippen molar-refractivity contribution >= 4 is 109 Å². The average molecular weight is 1060 g/mol. The van der Waals surface area contributed by atoms with Gasteiger partial charge in [0.2, 0.25) is 11.8 Å². The van der Waals surface area contributed by atoms with Gasteiger partial charge < -0.3 is 8.83 Å². The third-order valence-electron chi connectivity index (χ3n) is 17.0. The predicted octanol–water partition coefficient (Wildman–Crippen LogP) is 12.5. The number of rotatable bonds is 8. The third kappa shape index (κ3) is 7.16. The normalized spacial score (nSPS) is 14.3. The second kappa shape index (κ2) is 18.6. The summed E-state index contributed by atoms with van der Waals surface area (Å²) in [6.07, 6.45) is 12.4. The lowest BCUT2D eigenvalue weighted by Gasteiger charge is -2.43. The first-order chi connectivity index (χ1) is 41.1. The van der Waals surface area contributed by atoms with Crippen LogP contribution in [0.4, 0.5) is 27.9 Å². The molecule has 3 aliphatic heterocycles. The first kappa shape index (κ1) is 47.0. The lowest BCUT2D eigenvalue weighted by Crippen LogP contribution is -2.65. The number of nitrogens with zero attached hydrogens (tertiary/aromatic N) is 6. The van der Waals surface area contributed by atoms with Gasteiger partial charge in [-0.25, -0.2) is 34.5 Å². The molecule has 2 aliphatic carbocycles. The highest BCUT2D eigenvalue weighted by Gasteiger charge is 2.54. The highest BCUT2D eigenvalue weighted by Crippen LogP contribution is 2.50. The van der Waals surface area contributed by atoms with Crippen molar-refractivity contribution in [3.8, 4) is 68.4 Å². The van der Waals surface area contributed by atoms with Crippen molar-refractivity contribution in [3.63, 3.8) is 0 Å². The van der Waals surface area contributed by atoms with Crippen molar-refractivity contribution in [2.75, 3.05) is 9.80 Å². The van der Waals surface area contributed by atoms with Gasteiger partial charge in [-0.3, -0.25) is 0 Å². The van der Waals surface area contributed by atoms with Crippen molar-refractivity contribution in [1.82, 2.24) is 19.9 Å². The van der Waals surface area contributed by atoms with Crippen LogP contribution in [-0.4, -0.2) is 39.4 Å². The SMILES string of the molecule is O=C1N2c3oc4c(c3B(c3c(C5=CC=CCC5)nc(-c5ccccc5)nc3-c3ccccc3)c3ccc5ccc6c(c5c32)N1c1oc2ccccc2c1B6c1c(-c2ccccc2)nc(-c2ccccc2)nc1-c1ccccc1)CC#CC=C4. The number of allylic oxidation sites excluding steroid dienone is 5. The molecule has 2 amide bonds. The maximum atomic E-state index is 16.8. The van der Waals surface area contributed by atoms with Crippen LogP contribution in [0.15, 0.2) is 233 Å². The van der Waals surface area contributed by atoms with Gasteiger partial charge in [0, 0.05) is 39.3 Å². The Morgan fingerprint density at radius 2 is 0.988 bits per heavy atom. The van der Waals surface area contributed by atoms with E-state index < -0.39 is 13.4 Å². The molecule has 386 valence electrons. The Morgan fingerprint density at radius 1 is 0.494 bits per heavy atom. The van der Waals surface area contributed by atoms with E-state index in [0.29, 0.717) is 41.2 Å². The number of fused-ring (bicyclic) bond motifs is 8. The van der Waals surface area contributed by atoms with E-state index >= 15 is 4.79 Å². The van der Waals surface area contributed by atoms with E-state index in [1.165, 1.54) is 0 Å². The summed E-state index contributed by atoms with van der Waals surface area (Å²) in [6, 6.07) is 68.3. The lowest BCUT2D eigenvalue weighted by atomic mass is 9.33. The quantitative estimate of drug-likeness (QED) is 0.110. The van der Waals surface area contributed by atoms with Crippen molar-refractivity contribution < 1.29 is 13.6 Å². The average Bonchev–Trinajstić information content (AvgIpc) is 1.90. The molecule has 7 heterocycles. The Labute approximate surface area is 478 Å². The zero-order valence-electron chi connectivity index (χ0n) is 44.6. The smallest absolute Gasteiger partial charge is 0.342 e. The number of aromatic nitrogens is 4. The molecular weight excluding hydrogens is 1020 g/mol. The molecule has 0 radical (unpaired) electrons. The fraction of sp³-hybridized carbons (Fsp3) is 0.0417. The van der Waals surface area contributed by atoms with Crippen LogP contribution in [-0.2, 0) is 6.42 Å². The van der Waals surface area contributed by atoms with Crippen LogP contribution in [0.25, 0.3) is 89.9 Å². The van der Waals surface area contributed by atoms with Crippen molar-refractivity contribution in [1.29, 1.82) is 0 Å². The molecule has 0 atom stereocenters. The van der Waals surface area contributed by atoms with Gasteiger partial charge in [-0.1, -0.05) is 224 Å². The van der Waals surface area contributed by atoms with Gasteiger partial charge >= 0.3 is 6.03 Å². The minimum atomic E-state index is -0.547. The van der Waals surface area contributed by atoms with E-state index in [1.807, 2.05) is 94.7 Å². The molecule has 4 aromatic heterocycles. The van der Waals surface area contributed by atoms with E-state index in [4.69, 9.17) is 28.8 Å². The van der Waals surface area contributed by atoms with Crippen LogP contribution in [0.3, 0.4) is 0 Å². The predicted molar refractivity (Wildman–Crippen MR) is 336 cm³/mol. The molecule has 5 aliphatic rings. The Hall–Kier alpha value is -10.8. The van der Waals surface area contributed by atoms with Gasteiger partial charge in [0.1, 0.15) is 11.3 Å². The lowest BCUT2D eigenvalue weighted by molar-refractivity contribution is 0.254. The maximum absolute atomic E-state index is 16.8. The minimum absolute atomic E-state index is 0.322. The number of hydrogen-bond acceptors (Lipinski definition) is 7. The first-order valence-corrected chi connectivity index (χ1v) is 28.2. The number of hydrogen-bond donors (Lipinski definition) is 0. The Balaban J connectivity index is 1.01. The standard InChI is InChI=1S/C72H44B2N6O3/c81-72-79-66-53(73(58-51-36-20-7-21-38-55(51)82-70(58)79)60-62(45-24-8-1-9-25-45)75-68(49-32-16-5-17-33-49)76-63(60)46-26-10-2-11-27-46)42-40-44-41-43-54-67(57(44)66)80(72)71-59(52-37-22-23-39-56(52)83-71)74(54)61-64(47-28-12-3-13-29-47)77-69(50-34-18-6-19-35-50)78-65(61)48-30-14-4-15-31-48/h1-6,8-10,12-19,21-26,28-35,37-43H,11,27,36H2. The second-order valence-corrected chi connectivity index (χ2v) is 21.5. The molecule has 83 heavy (non-hydrogen) atoms. The van der Waals surface area contributed by atoms with Crippen LogP contribution >= 0.6 is 0 Å². The summed E-state index contributed by atoms with van der Waals surface area (Å²) in [5.41, 5.74) is 17.4. The third-order valence-corrected chi connectivity index (χ3v) is 17.0. The molecule has 0 saturated carbocycles. The summed E-state index contributed by atoms with van der Waals surface area (Å²) in [6.45, 7) is -1.08. The summed E-state index contributed by atoms with van der Waals surface area (Å²) in [7, 11) is 0. The Bertz CT molecular complexity index is 4810. The van der Waals surface area contributed by atoms with Crippen LogP contribution in [0.5, 0.6) is 0 Å². The van der Waals surface area contributed by atoms with E-state index in [1.54, 1.807) is 0 Å². The molecule has 0 N–H and O–H groups in total. The van der Waals surface area contributed by atoms with Gasteiger partial charge in [0.05, 0.1) is 34.2 Å². The van der Waals surface area contributed by atoms with E-state index in [-0.39, 0.29) is 6.03 Å². The van der Waals surface area contributed by atoms with Crippen LogP contribution < -0.4 is 42.6 Å². The Morgan fingerprint density at radius 3 is 1.54 bits per heavy atom. The molecule has 9 nitrogen and oxygen atoms in total. The zero-order valence-corrected chi connectivity index (χ0v) is 44.6. The number of benzene rings is 8. The monoisotopic (exact) mass is 1060 g/mol. The summed E-state index contributed by atoms with van der Waals surface area (Å²) in [5, 5.41) is 2.73. The Kier molecular flexibility index (Phi) is 10.6. The second-order valence-electron chi connectivity index (χ2n) is 21.5. The molecular formula is C72H44B2N6O3. The first-order valence-electron chi connectivity index (χ1n) is 28.2. The number of para-hydroxylation sites is 1. The molecule has 8 aromatic carbocycles. The summed E-state index contributed by atoms with van der Waals surface area (Å²) >= 11 is 0. The molecule has 0 saturated heterocycles. The number of anilines is 4. The van der Waals surface area contributed by atoms with Crippen molar-refractivity contribution in [3.05, 3.63) is 242 Å². The molecule has 0 unspecified atom stereocenters. The molecule has 17 rings (SSSR count). The van der Waals surface area contributed by atoms with E-state index in [0.717, 1.165) is 135 Å². The van der Waals surface area contributed by atoms with Crippen LogP contribution in [0.1, 0.15) is 29.9 Å². The topological polar surface area (TPSA) is 101 Å².